The van der Waals surface area contributed by atoms with Crippen LogP contribution in [0.15, 0.2) is 36.4 Å². The summed E-state index contributed by atoms with van der Waals surface area (Å²) < 4.78 is 16.1. The minimum atomic E-state index is -0.306. The fourth-order valence-corrected chi connectivity index (χ4v) is 2.21. The topological polar surface area (TPSA) is 84.9 Å². The Labute approximate surface area is 177 Å². The number of diazo groups is 1. The van der Waals surface area contributed by atoms with Crippen molar-refractivity contribution < 1.29 is 50.9 Å². The van der Waals surface area contributed by atoms with Gasteiger partial charge in [0.05, 0.1) is 32.1 Å². The van der Waals surface area contributed by atoms with Crippen LogP contribution in [-0.4, -0.2) is 26.2 Å². The van der Waals surface area contributed by atoms with E-state index >= 15 is 0 Å². The maximum Gasteiger partial charge on any atom is 0.430 e. The Hall–Kier alpha value is -2.36. The van der Waals surface area contributed by atoms with Crippen molar-refractivity contribution in [1.29, 1.82) is 5.39 Å². The number of benzene rings is 2. The van der Waals surface area contributed by atoms with Crippen molar-refractivity contribution in [1.82, 2.24) is 0 Å². The molecule has 7 nitrogen and oxygen atoms in total. The summed E-state index contributed by atoms with van der Waals surface area (Å²) in [4.78, 5) is 15.7. The predicted molar refractivity (Wildman–Crippen MR) is 94.5 cm³/mol. The molecule has 1 N–H and O–H groups in total. The third-order valence-corrected chi connectivity index (χ3v) is 3.37. The average molecular weight is 443 g/mol. The number of hydrogen-bond donors (Lipinski definition) is 1. The van der Waals surface area contributed by atoms with Gasteiger partial charge in [-0.1, -0.05) is 0 Å². The Bertz CT molecular complexity index is 794. The summed E-state index contributed by atoms with van der Waals surface area (Å²) >= 11 is 0. The summed E-state index contributed by atoms with van der Waals surface area (Å²) in [7, 11) is 1.56. The van der Waals surface area contributed by atoms with Crippen molar-refractivity contribution in [2.24, 2.45) is 0 Å². The van der Waals surface area contributed by atoms with E-state index in [1.165, 1.54) is 6.07 Å². The van der Waals surface area contributed by atoms with Gasteiger partial charge in [0.25, 0.3) is 5.91 Å². The molecular formula is C18H20ClN3O4Zn. The minimum Gasteiger partial charge on any atom is -1.00 e. The molecule has 0 saturated heterocycles. The van der Waals surface area contributed by atoms with Crippen molar-refractivity contribution in [3.05, 3.63) is 46.9 Å². The van der Waals surface area contributed by atoms with Crippen LogP contribution in [0.4, 0.5) is 11.4 Å². The van der Waals surface area contributed by atoms with Gasteiger partial charge in [0.15, 0.2) is 10.7 Å². The second kappa shape index (κ2) is 12.1. The molecular weight excluding hydrogens is 423 g/mol. The molecule has 0 fully saturated rings. The molecule has 0 spiro atoms. The molecule has 1 amide bonds. The molecule has 9 heteroatoms. The average Bonchev–Trinajstić information content (AvgIpc) is 2.64. The zero-order valence-electron chi connectivity index (χ0n) is 15.5. The van der Waals surface area contributed by atoms with Crippen LogP contribution in [0.2, 0.25) is 0 Å². The molecule has 0 heterocycles. The molecule has 0 aromatic heterocycles. The second-order valence-electron chi connectivity index (χ2n) is 4.96. The number of ether oxygens (including phenoxy) is 3. The maximum atomic E-state index is 12.5. The van der Waals surface area contributed by atoms with Crippen molar-refractivity contribution in [3.63, 3.8) is 0 Å². The molecule has 0 aliphatic carbocycles. The van der Waals surface area contributed by atoms with Gasteiger partial charge in [0.1, 0.15) is 5.75 Å². The molecule has 0 saturated carbocycles. The summed E-state index contributed by atoms with van der Waals surface area (Å²) in [5.74, 6) is 1.10. The van der Waals surface area contributed by atoms with E-state index in [1.54, 1.807) is 37.4 Å². The molecule has 0 unspecified atom stereocenters. The van der Waals surface area contributed by atoms with Crippen LogP contribution in [0.3, 0.4) is 0 Å². The summed E-state index contributed by atoms with van der Waals surface area (Å²) in [6.45, 7) is 4.42. The third kappa shape index (κ3) is 6.39. The number of halogens is 1. The summed E-state index contributed by atoms with van der Waals surface area (Å²) in [6.07, 6.45) is 0. The van der Waals surface area contributed by atoms with Crippen molar-refractivity contribution in [2.45, 2.75) is 13.8 Å². The van der Waals surface area contributed by atoms with Crippen LogP contribution < -0.4 is 31.9 Å². The Morgan fingerprint density at radius 3 is 2.19 bits per heavy atom. The first kappa shape index (κ1) is 24.6. The van der Waals surface area contributed by atoms with Gasteiger partial charge in [-0.25, -0.2) is 0 Å². The number of nitrogens with zero attached hydrogens (tertiary/aromatic N) is 2. The summed E-state index contributed by atoms with van der Waals surface area (Å²) in [5, 5.41) is 11.9. The van der Waals surface area contributed by atoms with Crippen molar-refractivity contribution in [2.75, 3.05) is 25.6 Å². The monoisotopic (exact) mass is 441 g/mol. The van der Waals surface area contributed by atoms with E-state index in [9.17, 15) is 4.79 Å². The molecule has 27 heavy (non-hydrogen) atoms. The third-order valence-electron chi connectivity index (χ3n) is 3.37. The smallest absolute Gasteiger partial charge is 0.430 e. The van der Waals surface area contributed by atoms with E-state index in [-0.39, 0.29) is 43.5 Å². The largest absolute Gasteiger partial charge is 1.00 e. The standard InChI is InChI=1S/C18H19N3O4.ClH.Zn/c1-4-24-16-11-15(21-19)17(25-5-2)10-14(16)20-18(22)12-6-8-13(23-3)9-7-12;;/h6-11H,4-5H2,1-3H3;1H;. The van der Waals surface area contributed by atoms with Crippen molar-refractivity contribution >= 4 is 17.3 Å². The number of nitrogens with one attached hydrogen (secondary N) is 1. The quantitative estimate of drug-likeness (QED) is 0.514. The maximum absolute atomic E-state index is 12.5. The molecule has 0 aliphatic heterocycles. The predicted octanol–water partition coefficient (Wildman–Crippen LogP) is 1.23. The van der Waals surface area contributed by atoms with Gasteiger partial charge in [0.2, 0.25) is 11.1 Å². The number of hydrogen-bond acceptors (Lipinski definition) is 5. The van der Waals surface area contributed by atoms with Gasteiger partial charge in [-0.15, -0.1) is 0 Å². The van der Waals surface area contributed by atoms with Crippen LogP contribution in [-0.2, 0) is 19.5 Å². The van der Waals surface area contributed by atoms with Gasteiger partial charge in [0, 0.05) is 31.1 Å². The molecule has 2 rings (SSSR count). The summed E-state index contributed by atoms with van der Waals surface area (Å²) in [5.41, 5.74) is 1.13. The minimum absolute atomic E-state index is 0. The first-order valence-corrected chi connectivity index (χ1v) is 7.87. The van der Waals surface area contributed by atoms with Gasteiger partial charge >= 0.3 is 5.69 Å². The fourth-order valence-electron chi connectivity index (χ4n) is 2.21. The van der Waals surface area contributed by atoms with Crippen molar-refractivity contribution in [3.8, 4) is 17.2 Å². The SMILES string of the molecule is CCOc1cc(NC(=O)c2ccc(OC)cc2)c(OCC)cc1[N+]#N.[Cl-].[Zn]. The molecule has 2 aromatic rings. The number of rotatable bonds is 7. The van der Waals surface area contributed by atoms with Crippen LogP contribution >= 0.6 is 0 Å². The zero-order chi connectivity index (χ0) is 18.2. The van der Waals surface area contributed by atoms with E-state index in [4.69, 9.17) is 19.6 Å². The molecule has 140 valence electrons. The first-order valence-electron chi connectivity index (χ1n) is 7.87. The number of methoxy groups -OCH3 is 1. The Balaban J connectivity index is 0.00000338. The van der Waals surface area contributed by atoms with Gasteiger partial charge in [-0.05, 0) is 38.1 Å². The molecule has 0 radical (unpaired) electrons. The Morgan fingerprint density at radius 2 is 1.67 bits per heavy atom. The molecule has 0 atom stereocenters. The Morgan fingerprint density at radius 1 is 1.07 bits per heavy atom. The van der Waals surface area contributed by atoms with Gasteiger partial charge in [-0.3, -0.25) is 4.79 Å². The van der Waals surface area contributed by atoms with E-state index in [0.29, 0.717) is 41.7 Å². The van der Waals surface area contributed by atoms with E-state index in [2.05, 4.69) is 10.3 Å². The van der Waals surface area contributed by atoms with E-state index in [0.717, 1.165) is 0 Å². The van der Waals surface area contributed by atoms with Gasteiger partial charge in [-0.2, -0.15) is 0 Å². The van der Waals surface area contributed by atoms with Gasteiger partial charge < -0.3 is 31.9 Å². The number of amides is 1. The molecule has 0 bridgehead atoms. The fraction of sp³-hybridized carbons (Fsp3) is 0.278. The molecule has 2 aromatic carbocycles. The first-order chi connectivity index (χ1) is 12.1. The van der Waals surface area contributed by atoms with Crippen LogP contribution in [0.25, 0.3) is 4.98 Å². The summed E-state index contributed by atoms with van der Waals surface area (Å²) in [6, 6.07) is 9.82. The molecule has 0 aliphatic rings. The van der Waals surface area contributed by atoms with Crippen LogP contribution in [0, 0.1) is 5.39 Å². The van der Waals surface area contributed by atoms with E-state index in [1.807, 2.05) is 13.8 Å². The second-order valence-corrected chi connectivity index (χ2v) is 4.96. The normalized spacial score (nSPS) is 9.11. The number of anilines is 1. The number of carbonyl (C=O) groups excluding carboxylic acids is 1. The van der Waals surface area contributed by atoms with Crippen LogP contribution in [0.5, 0.6) is 17.2 Å². The van der Waals surface area contributed by atoms with E-state index < -0.39 is 0 Å². The van der Waals surface area contributed by atoms with Crippen LogP contribution in [0.1, 0.15) is 24.2 Å². The number of carbonyl (C=O) groups is 1. The Kier molecular flexibility index (Phi) is 11.1. The zero-order valence-corrected chi connectivity index (χ0v) is 19.2.